The minimum Gasteiger partial charge on any atom is -0.390 e. The van der Waals surface area contributed by atoms with Crippen LogP contribution in [0.4, 0.5) is 0 Å². The van der Waals surface area contributed by atoms with E-state index in [9.17, 15) is 10.2 Å². The Morgan fingerprint density at radius 3 is 2.31 bits per heavy atom. The van der Waals surface area contributed by atoms with Crippen molar-refractivity contribution >= 4 is 15.9 Å². The highest BCUT2D eigenvalue weighted by atomic mass is 79.9. The number of rotatable bonds is 4. The highest BCUT2D eigenvalue weighted by Crippen LogP contribution is 2.22. The van der Waals surface area contributed by atoms with Crippen LogP contribution in [0.5, 0.6) is 0 Å². The summed E-state index contributed by atoms with van der Waals surface area (Å²) in [6.07, 6.45) is -1.06. The van der Waals surface area contributed by atoms with Gasteiger partial charge in [0.2, 0.25) is 0 Å². The zero-order chi connectivity index (χ0) is 12.5. The van der Waals surface area contributed by atoms with Crippen molar-refractivity contribution in [1.82, 2.24) is 9.78 Å². The van der Waals surface area contributed by atoms with Crippen LogP contribution >= 0.6 is 15.9 Å². The molecule has 4 nitrogen and oxygen atoms in total. The van der Waals surface area contributed by atoms with Gasteiger partial charge in [0.1, 0.15) is 0 Å². The summed E-state index contributed by atoms with van der Waals surface area (Å²) in [5, 5.41) is 23.9. The molecule has 0 fully saturated rings. The summed E-state index contributed by atoms with van der Waals surface area (Å²) in [5.41, 5.74) is 1.80. The van der Waals surface area contributed by atoms with Crippen LogP contribution in [0.3, 0.4) is 0 Å². The molecule has 0 aliphatic carbocycles. The van der Waals surface area contributed by atoms with Gasteiger partial charge in [-0.1, -0.05) is 13.8 Å². The van der Waals surface area contributed by atoms with Gasteiger partial charge in [-0.15, -0.1) is 0 Å². The van der Waals surface area contributed by atoms with E-state index in [1.54, 1.807) is 4.68 Å². The standard InChI is InChI=1S/C11H19BrN2O2/c1-6(2)11(16)9(15)5-8-10(12)7(3)13-14(8)4/h6,9,11,15-16H,5H2,1-4H3. The molecule has 92 valence electrons. The predicted molar refractivity (Wildman–Crippen MR) is 66.2 cm³/mol. The smallest absolute Gasteiger partial charge is 0.0857 e. The van der Waals surface area contributed by atoms with Gasteiger partial charge in [0.25, 0.3) is 0 Å². The summed E-state index contributed by atoms with van der Waals surface area (Å²) in [6, 6.07) is 0. The number of hydrogen-bond acceptors (Lipinski definition) is 3. The number of halogens is 1. The first-order valence-electron chi connectivity index (χ1n) is 5.38. The first-order valence-corrected chi connectivity index (χ1v) is 6.18. The second kappa shape index (κ2) is 5.29. The fraction of sp³-hybridized carbons (Fsp3) is 0.727. The topological polar surface area (TPSA) is 58.3 Å². The fourth-order valence-electron chi connectivity index (χ4n) is 1.66. The van der Waals surface area contributed by atoms with E-state index in [1.165, 1.54) is 0 Å². The van der Waals surface area contributed by atoms with E-state index in [-0.39, 0.29) is 5.92 Å². The molecule has 0 aliphatic rings. The van der Waals surface area contributed by atoms with Crippen LogP contribution in [0.15, 0.2) is 4.47 Å². The van der Waals surface area contributed by atoms with E-state index in [0.717, 1.165) is 15.9 Å². The largest absolute Gasteiger partial charge is 0.390 e. The van der Waals surface area contributed by atoms with Crippen LogP contribution in [-0.2, 0) is 13.5 Å². The summed E-state index contributed by atoms with van der Waals surface area (Å²) >= 11 is 3.44. The third-order valence-corrected chi connectivity index (χ3v) is 3.77. The Kier molecular flexibility index (Phi) is 4.52. The van der Waals surface area contributed by atoms with E-state index in [4.69, 9.17) is 0 Å². The molecule has 0 saturated carbocycles. The van der Waals surface area contributed by atoms with Crippen molar-refractivity contribution in [2.75, 3.05) is 0 Å². The van der Waals surface area contributed by atoms with Crippen LogP contribution in [-0.4, -0.2) is 32.2 Å². The number of aliphatic hydroxyl groups is 2. The van der Waals surface area contributed by atoms with Gasteiger partial charge >= 0.3 is 0 Å². The average Bonchev–Trinajstić information content (AvgIpc) is 2.43. The summed E-state index contributed by atoms with van der Waals surface area (Å²) in [4.78, 5) is 0. The third kappa shape index (κ3) is 2.84. The Bertz CT molecular complexity index is 363. The molecule has 0 aliphatic heterocycles. The molecule has 2 unspecified atom stereocenters. The Morgan fingerprint density at radius 2 is 1.94 bits per heavy atom. The lowest BCUT2D eigenvalue weighted by Crippen LogP contribution is -2.33. The summed E-state index contributed by atoms with van der Waals surface area (Å²) in [6.45, 7) is 5.67. The van der Waals surface area contributed by atoms with Crippen LogP contribution in [0.1, 0.15) is 25.2 Å². The SMILES string of the molecule is Cc1nn(C)c(CC(O)C(O)C(C)C)c1Br. The molecule has 5 heteroatoms. The minimum atomic E-state index is -0.758. The van der Waals surface area contributed by atoms with Crippen LogP contribution in [0, 0.1) is 12.8 Å². The molecule has 0 radical (unpaired) electrons. The molecular weight excluding hydrogens is 272 g/mol. The minimum absolute atomic E-state index is 0.0445. The Morgan fingerprint density at radius 1 is 1.38 bits per heavy atom. The molecule has 1 heterocycles. The van der Waals surface area contributed by atoms with Gasteiger partial charge in [0, 0.05) is 13.5 Å². The van der Waals surface area contributed by atoms with Crippen molar-refractivity contribution in [3.05, 3.63) is 15.9 Å². The zero-order valence-electron chi connectivity index (χ0n) is 10.1. The van der Waals surface area contributed by atoms with Gasteiger partial charge in [-0.3, -0.25) is 4.68 Å². The van der Waals surface area contributed by atoms with Gasteiger partial charge in [-0.25, -0.2) is 0 Å². The van der Waals surface area contributed by atoms with E-state index in [2.05, 4.69) is 21.0 Å². The third-order valence-electron chi connectivity index (χ3n) is 2.74. The van der Waals surface area contributed by atoms with Gasteiger partial charge in [0.15, 0.2) is 0 Å². The lowest BCUT2D eigenvalue weighted by atomic mass is 9.98. The Hall–Kier alpha value is -0.390. The van der Waals surface area contributed by atoms with Crippen LogP contribution in [0.2, 0.25) is 0 Å². The first-order chi connectivity index (χ1) is 7.34. The molecule has 0 bridgehead atoms. The molecule has 0 saturated heterocycles. The highest BCUT2D eigenvalue weighted by molar-refractivity contribution is 9.10. The molecule has 1 rings (SSSR count). The second-order valence-corrected chi connectivity index (χ2v) is 5.27. The lowest BCUT2D eigenvalue weighted by molar-refractivity contribution is -0.00826. The van der Waals surface area contributed by atoms with Crippen LogP contribution < -0.4 is 0 Å². The normalized spacial score (nSPS) is 15.5. The van der Waals surface area contributed by atoms with Gasteiger partial charge < -0.3 is 10.2 Å². The molecule has 1 aromatic rings. The zero-order valence-corrected chi connectivity index (χ0v) is 11.7. The van der Waals surface area contributed by atoms with Crippen molar-refractivity contribution in [3.63, 3.8) is 0 Å². The molecule has 0 amide bonds. The van der Waals surface area contributed by atoms with E-state index < -0.39 is 12.2 Å². The second-order valence-electron chi connectivity index (χ2n) is 4.48. The van der Waals surface area contributed by atoms with E-state index in [0.29, 0.717) is 6.42 Å². The van der Waals surface area contributed by atoms with Gasteiger partial charge in [0.05, 0.1) is 28.1 Å². The first kappa shape index (κ1) is 13.7. The maximum atomic E-state index is 9.89. The maximum absolute atomic E-state index is 9.89. The van der Waals surface area contributed by atoms with Crippen molar-refractivity contribution in [1.29, 1.82) is 0 Å². The predicted octanol–water partition coefficient (Wildman–Crippen LogP) is 1.41. The average molecular weight is 291 g/mol. The van der Waals surface area contributed by atoms with E-state index in [1.807, 2.05) is 27.8 Å². The molecule has 0 aromatic carbocycles. The number of nitrogens with zero attached hydrogens (tertiary/aromatic N) is 2. The Labute approximate surface area is 104 Å². The maximum Gasteiger partial charge on any atom is 0.0857 e. The number of aryl methyl sites for hydroxylation is 2. The Balaban J connectivity index is 2.80. The lowest BCUT2D eigenvalue weighted by Gasteiger charge is -2.21. The monoisotopic (exact) mass is 290 g/mol. The molecule has 1 aromatic heterocycles. The molecule has 0 spiro atoms. The number of hydrogen-bond donors (Lipinski definition) is 2. The number of aromatic nitrogens is 2. The van der Waals surface area contributed by atoms with Crippen molar-refractivity contribution in [2.24, 2.45) is 13.0 Å². The molecule has 2 N–H and O–H groups in total. The number of aliphatic hydroxyl groups excluding tert-OH is 2. The van der Waals surface area contributed by atoms with Crippen molar-refractivity contribution in [2.45, 2.75) is 39.4 Å². The summed E-state index contributed by atoms with van der Waals surface area (Å²) < 4.78 is 2.64. The molecular formula is C11H19BrN2O2. The highest BCUT2D eigenvalue weighted by Gasteiger charge is 2.23. The fourth-order valence-corrected chi connectivity index (χ4v) is 2.16. The van der Waals surface area contributed by atoms with E-state index >= 15 is 0 Å². The molecule has 2 atom stereocenters. The summed E-state index contributed by atoms with van der Waals surface area (Å²) in [7, 11) is 1.83. The van der Waals surface area contributed by atoms with Crippen LogP contribution in [0.25, 0.3) is 0 Å². The van der Waals surface area contributed by atoms with Gasteiger partial charge in [-0.05, 0) is 28.8 Å². The molecule has 16 heavy (non-hydrogen) atoms. The van der Waals surface area contributed by atoms with Crippen molar-refractivity contribution < 1.29 is 10.2 Å². The quantitative estimate of drug-likeness (QED) is 0.882. The van der Waals surface area contributed by atoms with Crippen molar-refractivity contribution in [3.8, 4) is 0 Å². The summed E-state index contributed by atoms with van der Waals surface area (Å²) in [5.74, 6) is 0.0445. The van der Waals surface area contributed by atoms with Gasteiger partial charge in [-0.2, -0.15) is 5.10 Å².